The number of carbonyl (C=O) groups is 1. The van der Waals surface area contributed by atoms with E-state index < -0.39 is 0 Å². The third-order valence-corrected chi connectivity index (χ3v) is 5.16. The molecular weight excluding hydrogens is 314 g/mol. The third-order valence-electron chi connectivity index (χ3n) is 5.16. The van der Waals surface area contributed by atoms with Gasteiger partial charge in [0.2, 0.25) is 0 Å². The standard InChI is InChI=1S/C19H19N5O/c25-19(14-5-1-12(2-6-14)16-7-9-20-21-16)24-10-8-17-15(11-24)18(23-22-17)13-3-4-13/h1-2,5-7,9,13H,3-4,8,10-11H2,(H,20,21)(H,22,23). The van der Waals surface area contributed by atoms with Gasteiger partial charge in [-0.1, -0.05) is 12.1 Å². The van der Waals surface area contributed by atoms with Crippen molar-refractivity contribution in [3.63, 3.8) is 0 Å². The Balaban J connectivity index is 1.36. The molecule has 1 aromatic carbocycles. The van der Waals surface area contributed by atoms with E-state index in [1.54, 1.807) is 6.20 Å². The van der Waals surface area contributed by atoms with Crippen molar-refractivity contribution in [3.05, 3.63) is 59.0 Å². The van der Waals surface area contributed by atoms with E-state index in [4.69, 9.17) is 0 Å². The van der Waals surface area contributed by atoms with Gasteiger partial charge in [0.1, 0.15) is 0 Å². The minimum absolute atomic E-state index is 0.0877. The average Bonchev–Trinajstić information content (AvgIpc) is 3.19. The number of rotatable bonds is 3. The number of aromatic amines is 2. The normalized spacial score (nSPS) is 16.7. The van der Waals surface area contributed by atoms with E-state index in [1.807, 2.05) is 35.2 Å². The highest BCUT2D eigenvalue weighted by Gasteiger charge is 2.33. The maximum atomic E-state index is 12.9. The Morgan fingerprint density at radius 1 is 1.12 bits per heavy atom. The zero-order valence-corrected chi connectivity index (χ0v) is 13.8. The van der Waals surface area contributed by atoms with Gasteiger partial charge < -0.3 is 4.90 Å². The second-order valence-electron chi connectivity index (χ2n) is 6.86. The van der Waals surface area contributed by atoms with Crippen LogP contribution in [0, 0.1) is 0 Å². The number of benzene rings is 1. The van der Waals surface area contributed by atoms with E-state index in [1.165, 1.54) is 29.8 Å². The van der Waals surface area contributed by atoms with Gasteiger partial charge in [0.05, 0.1) is 11.4 Å². The topological polar surface area (TPSA) is 77.7 Å². The number of hydrogen-bond acceptors (Lipinski definition) is 3. The number of aromatic nitrogens is 4. The van der Waals surface area contributed by atoms with Crippen molar-refractivity contribution in [2.45, 2.75) is 31.7 Å². The van der Waals surface area contributed by atoms with Crippen LogP contribution in [0.5, 0.6) is 0 Å². The molecule has 0 atom stereocenters. The Morgan fingerprint density at radius 3 is 2.68 bits per heavy atom. The van der Waals surface area contributed by atoms with Gasteiger partial charge in [-0.05, 0) is 36.6 Å². The van der Waals surface area contributed by atoms with E-state index in [0.29, 0.717) is 12.5 Å². The van der Waals surface area contributed by atoms with Crippen LogP contribution in [0.3, 0.4) is 0 Å². The molecule has 0 bridgehead atoms. The van der Waals surface area contributed by atoms with Crippen LogP contribution in [-0.2, 0) is 13.0 Å². The largest absolute Gasteiger partial charge is 0.334 e. The fraction of sp³-hybridized carbons (Fsp3) is 0.316. The number of nitrogens with zero attached hydrogens (tertiary/aromatic N) is 3. The van der Waals surface area contributed by atoms with Crippen LogP contribution in [-0.4, -0.2) is 37.7 Å². The predicted octanol–water partition coefficient (Wildman–Crippen LogP) is 2.88. The molecule has 2 N–H and O–H groups in total. The lowest BCUT2D eigenvalue weighted by molar-refractivity contribution is 0.0734. The molecule has 1 aliphatic carbocycles. The maximum Gasteiger partial charge on any atom is 0.254 e. The Kier molecular flexibility index (Phi) is 3.23. The molecule has 2 aliphatic rings. The molecular formula is C19H19N5O. The number of carbonyl (C=O) groups excluding carboxylic acids is 1. The van der Waals surface area contributed by atoms with Crippen molar-refractivity contribution in [1.82, 2.24) is 25.3 Å². The first-order valence-corrected chi connectivity index (χ1v) is 8.74. The van der Waals surface area contributed by atoms with Crippen LogP contribution in [0.1, 0.15) is 46.1 Å². The first-order chi connectivity index (χ1) is 12.3. The summed E-state index contributed by atoms with van der Waals surface area (Å²) >= 11 is 0. The summed E-state index contributed by atoms with van der Waals surface area (Å²) in [5.41, 5.74) is 6.34. The van der Waals surface area contributed by atoms with Crippen LogP contribution in [0.25, 0.3) is 11.3 Å². The van der Waals surface area contributed by atoms with Crippen LogP contribution in [0.15, 0.2) is 36.5 Å². The highest BCUT2D eigenvalue weighted by Crippen LogP contribution is 2.42. The minimum Gasteiger partial charge on any atom is -0.334 e. The van der Waals surface area contributed by atoms with Gasteiger partial charge in [-0.3, -0.25) is 15.0 Å². The molecule has 2 aromatic heterocycles. The summed E-state index contributed by atoms with van der Waals surface area (Å²) in [6, 6.07) is 9.63. The minimum atomic E-state index is 0.0877. The summed E-state index contributed by atoms with van der Waals surface area (Å²) in [5, 5.41) is 14.6. The van der Waals surface area contributed by atoms with Gasteiger partial charge in [-0.15, -0.1) is 0 Å². The zero-order chi connectivity index (χ0) is 16.8. The fourth-order valence-corrected chi connectivity index (χ4v) is 3.58. The summed E-state index contributed by atoms with van der Waals surface area (Å²) in [6.45, 7) is 1.40. The lowest BCUT2D eigenvalue weighted by Gasteiger charge is -2.27. The first kappa shape index (κ1) is 14.5. The summed E-state index contributed by atoms with van der Waals surface area (Å²) in [5.74, 6) is 0.688. The molecule has 5 rings (SSSR count). The van der Waals surface area contributed by atoms with E-state index in [0.717, 1.165) is 29.8 Å². The van der Waals surface area contributed by atoms with E-state index >= 15 is 0 Å². The number of H-pyrrole nitrogens is 2. The average molecular weight is 333 g/mol. The van der Waals surface area contributed by atoms with Gasteiger partial charge in [0.25, 0.3) is 5.91 Å². The van der Waals surface area contributed by atoms with Gasteiger partial charge in [-0.25, -0.2) is 0 Å². The second-order valence-corrected chi connectivity index (χ2v) is 6.86. The number of hydrogen-bond donors (Lipinski definition) is 2. The van der Waals surface area contributed by atoms with Crippen LogP contribution in [0.2, 0.25) is 0 Å². The molecule has 6 heteroatoms. The molecule has 0 unspecified atom stereocenters. The van der Waals surface area contributed by atoms with Crippen LogP contribution in [0.4, 0.5) is 0 Å². The van der Waals surface area contributed by atoms with E-state index in [9.17, 15) is 4.79 Å². The molecule has 25 heavy (non-hydrogen) atoms. The fourth-order valence-electron chi connectivity index (χ4n) is 3.58. The molecule has 126 valence electrons. The molecule has 0 spiro atoms. The summed E-state index contributed by atoms with van der Waals surface area (Å²) in [7, 11) is 0. The summed E-state index contributed by atoms with van der Waals surface area (Å²) < 4.78 is 0. The van der Waals surface area contributed by atoms with Crippen molar-refractivity contribution < 1.29 is 4.79 Å². The lowest BCUT2D eigenvalue weighted by atomic mass is 10.0. The molecule has 3 aromatic rings. The van der Waals surface area contributed by atoms with Crippen molar-refractivity contribution in [3.8, 4) is 11.3 Å². The molecule has 0 saturated heterocycles. The Hall–Kier alpha value is -2.89. The molecule has 0 radical (unpaired) electrons. The smallest absolute Gasteiger partial charge is 0.254 e. The molecule has 6 nitrogen and oxygen atoms in total. The van der Waals surface area contributed by atoms with Gasteiger partial charge in [0, 0.05) is 48.4 Å². The monoisotopic (exact) mass is 333 g/mol. The van der Waals surface area contributed by atoms with Crippen LogP contribution >= 0.6 is 0 Å². The van der Waals surface area contributed by atoms with E-state index in [2.05, 4.69) is 20.4 Å². The van der Waals surface area contributed by atoms with Gasteiger partial charge >= 0.3 is 0 Å². The second kappa shape index (κ2) is 5.58. The summed E-state index contributed by atoms with van der Waals surface area (Å²) in [6.07, 6.45) is 5.02. The first-order valence-electron chi connectivity index (χ1n) is 8.74. The van der Waals surface area contributed by atoms with Crippen LogP contribution < -0.4 is 0 Å². The van der Waals surface area contributed by atoms with Crippen molar-refractivity contribution in [2.24, 2.45) is 0 Å². The quantitative estimate of drug-likeness (QED) is 0.773. The molecule has 1 amide bonds. The highest BCUT2D eigenvalue weighted by atomic mass is 16.2. The molecule has 1 saturated carbocycles. The zero-order valence-electron chi connectivity index (χ0n) is 13.8. The van der Waals surface area contributed by atoms with Crippen molar-refractivity contribution in [1.29, 1.82) is 0 Å². The third kappa shape index (κ3) is 2.54. The molecule has 3 heterocycles. The SMILES string of the molecule is O=C(c1ccc(-c2ccn[nH]2)cc1)N1CCc2[nH]nc(C3CC3)c2C1. The summed E-state index contributed by atoms with van der Waals surface area (Å²) in [4.78, 5) is 14.8. The molecule has 1 aliphatic heterocycles. The Bertz CT molecular complexity index is 906. The number of amides is 1. The number of nitrogens with one attached hydrogen (secondary N) is 2. The van der Waals surface area contributed by atoms with E-state index in [-0.39, 0.29) is 5.91 Å². The lowest BCUT2D eigenvalue weighted by Crippen LogP contribution is -2.36. The maximum absolute atomic E-state index is 12.9. The predicted molar refractivity (Wildman–Crippen MR) is 93.0 cm³/mol. The van der Waals surface area contributed by atoms with Crippen molar-refractivity contribution in [2.75, 3.05) is 6.54 Å². The van der Waals surface area contributed by atoms with Crippen molar-refractivity contribution >= 4 is 5.91 Å². The Morgan fingerprint density at radius 2 is 1.96 bits per heavy atom. The number of fused-ring (bicyclic) bond motifs is 1. The van der Waals surface area contributed by atoms with Gasteiger partial charge in [-0.2, -0.15) is 10.2 Å². The Labute approximate surface area is 145 Å². The molecule has 1 fully saturated rings. The highest BCUT2D eigenvalue weighted by molar-refractivity contribution is 5.94. The van der Waals surface area contributed by atoms with Gasteiger partial charge in [0.15, 0.2) is 0 Å².